The Labute approximate surface area is 197 Å². The van der Waals surface area contributed by atoms with Crippen molar-refractivity contribution in [3.63, 3.8) is 0 Å². The first-order valence-corrected chi connectivity index (χ1v) is 11.9. The number of aryl methyl sites for hydroxylation is 2. The van der Waals surface area contributed by atoms with Crippen molar-refractivity contribution in [2.45, 2.75) is 71.6 Å². The van der Waals surface area contributed by atoms with Crippen molar-refractivity contribution in [1.29, 1.82) is 5.26 Å². The predicted octanol–water partition coefficient (Wildman–Crippen LogP) is 5.17. The van der Waals surface area contributed by atoms with Gasteiger partial charge in [-0.15, -0.1) is 0 Å². The van der Waals surface area contributed by atoms with Crippen molar-refractivity contribution < 1.29 is 14.6 Å². The average molecular weight is 450 g/mol. The Morgan fingerprint density at radius 2 is 2.00 bits per heavy atom. The molecule has 1 aliphatic heterocycles. The third-order valence-corrected chi connectivity index (χ3v) is 6.26. The Bertz CT molecular complexity index is 995. The molecule has 2 unspecified atom stereocenters. The first kappa shape index (κ1) is 24.6. The highest BCUT2D eigenvalue weighted by molar-refractivity contribution is 5.81. The van der Waals surface area contributed by atoms with Gasteiger partial charge in [-0.3, -0.25) is 4.90 Å². The number of rotatable bonds is 10. The van der Waals surface area contributed by atoms with Crippen molar-refractivity contribution in [3.8, 4) is 11.8 Å². The van der Waals surface area contributed by atoms with E-state index in [1.165, 1.54) is 0 Å². The van der Waals surface area contributed by atoms with Crippen LogP contribution in [0.5, 0.6) is 5.75 Å². The van der Waals surface area contributed by atoms with Crippen LogP contribution in [0.4, 0.5) is 5.69 Å². The fraction of sp³-hybridized carbons (Fsp3) is 0.481. The van der Waals surface area contributed by atoms with E-state index < -0.39 is 12.0 Å². The van der Waals surface area contributed by atoms with E-state index in [0.29, 0.717) is 28.6 Å². The molecule has 0 radical (unpaired) electrons. The number of benzene rings is 2. The first-order valence-electron chi connectivity index (χ1n) is 11.9. The molecule has 0 aliphatic carbocycles. The number of hydrogen-bond acceptors (Lipinski definition) is 5. The molecule has 1 fully saturated rings. The van der Waals surface area contributed by atoms with Crippen LogP contribution >= 0.6 is 0 Å². The van der Waals surface area contributed by atoms with Crippen LogP contribution in [-0.2, 0) is 17.6 Å². The van der Waals surface area contributed by atoms with Crippen LogP contribution in [0.2, 0.25) is 0 Å². The number of anilines is 1. The lowest BCUT2D eigenvalue weighted by Gasteiger charge is -2.26. The van der Waals surface area contributed by atoms with Crippen LogP contribution in [0.25, 0.3) is 0 Å². The van der Waals surface area contributed by atoms with Crippen molar-refractivity contribution in [3.05, 3.63) is 58.7 Å². The maximum absolute atomic E-state index is 12.4. The third-order valence-electron chi connectivity index (χ3n) is 6.26. The number of carboxylic acid groups (broad SMARTS) is 1. The molecular formula is C27H35N3O3. The molecule has 0 amide bonds. The van der Waals surface area contributed by atoms with Gasteiger partial charge in [-0.05, 0) is 74.6 Å². The lowest BCUT2D eigenvalue weighted by atomic mass is 9.95. The van der Waals surface area contributed by atoms with E-state index in [1.807, 2.05) is 6.07 Å². The number of nitriles is 1. The van der Waals surface area contributed by atoms with E-state index in [0.717, 1.165) is 49.9 Å². The molecule has 1 aliphatic rings. The summed E-state index contributed by atoms with van der Waals surface area (Å²) in [6, 6.07) is 12.6. The van der Waals surface area contributed by atoms with Gasteiger partial charge >= 0.3 is 5.97 Å². The highest BCUT2D eigenvalue weighted by Crippen LogP contribution is 2.36. The summed E-state index contributed by atoms with van der Waals surface area (Å²) in [7, 11) is 0. The molecule has 0 aromatic heterocycles. The van der Waals surface area contributed by atoms with Crippen LogP contribution in [0.3, 0.4) is 0 Å². The zero-order valence-corrected chi connectivity index (χ0v) is 20.1. The van der Waals surface area contributed by atoms with E-state index in [4.69, 9.17) is 10.00 Å². The van der Waals surface area contributed by atoms with Gasteiger partial charge in [0.15, 0.2) is 6.04 Å². The third kappa shape index (κ3) is 6.06. The van der Waals surface area contributed by atoms with Crippen molar-refractivity contribution >= 4 is 11.7 Å². The van der Waals surface area contributed by atoms with Crippen LogP contribution in [0.15, 0.2) is 36.4 Å². The van der Waals surface area contributed by atoms with E-state index in [1.54, 1.807) is 24.3 Å². The minimum atomic E-state index is -0.963. The number of aliphatic carboxylic acids is 1. The molecule has 2 aromatic rings. The molecule has 0 spiro atoms. The molecule has 1 heterocycles. The maximum atomic E-state index is 12.4. The molecular weight excluding hydrogens is 414 g/mol. The Morgan fingerprint density at radius 3 is 2.55 bits per heavy atom. The predicted molar refractivity (Wildman–Crippen MR) is 131 cm³/mol. The van der Waals surface area contributed by atoms with Gasteiger partial charge in [-0.2, -0.15) is 5.26 Å². The Morgan fingerprint density at radius 1 is 1.27 bits per heavy atom. The summed E-state index contributed by atoms with van der Waals surface area (Å²) in [5.41, 5.74) is 4.02. The SMILES string of the molecule is CCCc1cc(CC)cc(C(Nc2ccc(C#N)cc2)C(=O)O)c1OC1CCN(C(C)C)C1. The van der Waals surface area contributed by atoms with Gasteiger partial charge in [0.2, 0.25) is 0 Å². The smallest absolute Gasteiger partial charge is 0.330 e. The molecule has 0 saturated carbocycles. The van der Waals surface area contributed by atoms with Gasteiger partial charge in [-0.25, -0.2) is 4.79 Å². The number of ether oxygens (including phenoxy) is 1. The highest BCUT2D eigenvalue weighted by Gasteiger charge is 2.30. The summed E-state index contributed by atoms with van der Waals surface area (Å²) in [6.07, 6.45) is 3.57. The number of nitrogens with zero attached hydrogens (tertiary/aromatic N) is 2. The minimum absolute atomic E-state index is 0.0404. The second kappa shape index (κ2) is 11.2. The van der Waals surface area contributed by atoms with Crippen LogP contribution in [0, 0.1) is 11.3 Å². The summed E-state index contributed by atoms with van der Waals surface area (Å²) in [5.74, 6) is -0.256. The van der Waals surface area contributed by atoms with Crippen LogP contribution in [-0.4, -0.2) is 41.2 Å². The van der Waals surface area contributed by atoms with Gasteiger partial charge in [-0.1, -0.05) is 26.3 Å². The van der Waals surface area contributed by atoms with E-state index in [-0.39, 0.29) is 6.10 Å². The molecule has 1 saturated heterocycles. The first-order chi connectivity index (χ1) is 15.9. The summed E-state index contributed by atoms with van der Waals surface area (Å²) in [6.45, 7) is 10.4. The second-order valence-electron chi connectivity index (χ2n) is 9.00. The number of carboxylic acids is 1. The fourth-order valence-corrected chi connectivity index (χ4v) is 4.36. The van der Waals surface area contributed by atoms with Gasteiger partial charge in [0.25, 0.3) is 0 Å². The van der Waals surface area contributed by atoms with Crippen LogP contribution in [0.1, 0.15) is 68.8 Å². The van der Waals surface area contributed by atoms with Gasteiger partial charge in [0.05, 0.1) is 11.6 Å². The van der Waals surface area contributed by atoms with Gasteiger partial charge < -0.3 is 15.2 Å². The van der Waals surface area contributed by atoms with Crippen molar-refractivity contribution in [2.75, 3.05) is 18.4 Å². The fourth-order valence-electron chi connectivity index (χ4n) is 4.36. The lowest BCUT2D eigenvalue weighted by Crippen LogP contribution is -2.31. The van der Waals surface area contributed by atoms with Gasteiger partial charge in [0.1, 0.15) is 11.9 Å². The molecule has 3 rings (SSSR count). The van der Waals surface area contributed by atoms with E-state index in [9.17, 15) is 9.90 Å². The monoisotopic (exact) mass is 449 g/mol. The molecule has 2 aromatic carbocycles. The molecule has 0 bridgehead atoms. The van der Waals surface area contributed by atoms with Crippen molar-refractivity contribution in [1.82, 2.24) is 4.90 Å². The van der Waals surface area contributed by atoms with E-state index in [2.05, 4.69) is 50.0 Å². The summed E-state index contributed by atoms with van der Waals surface area (Å²) >= 11 is 0. The highest BCUT2D eigenvalue weighted by atomic mass is 16.5. The van der Waals surface area contributed by atoms with Gasteiger partial charge in [0, 0.05) is 30.4 Å². The molecule has 6 heteroatoms. The zero-order chi connectivity index (χ0) is 24.0. The number of carbonyl (C=O) groups is 1. The molecule has 33 heavy (non-hydrogen) atoms. The Hall–Kier alpha value is -3.04. The average Bonchev–Trinajstić information content (AvgIpc) is 3.28. The lowest BCUT2D eigenvalue weighted by molar-refractivity contribution is -0.138. The summed E-state index contributed by atoms with van der Waals surface area (Å²) < 4.78 is 6.59. The number of hydrogen-bond donors (Lipinski definition) is 2. The number of likely N-dealkylation sites (tertiary alicyclic amines) is 1. The molecule has 176 valence electrons. The maximum Gasteiger partial charge on any atom is 0.330 e. The second-order valence-corrected chi connectivity index (χ2v) is 9.00. The van der Waals surface area contributed by atoms with Crippen molar-refractivity contribution in [2.24, 2.45) is 0 Å². The standard InChI is InChI=1S/C27H35N3O3/c1-5-7-21-14-19(6-2)15-24(26(21)33-23-12-13-30(17-23)18(3)4)25(27(31)32)29-22-10-8-20(16-28)9-11-22/h8-11,14-15,18,23,25,29H,5-7,12-13,17H2,1-4H3,(H,31,32). The topological polar surface area (TPSA) is 85.6 Å². The molecule has 6 nitrogen and oxygen atoms in total. The Kier molecular flexibility index (Phi) is 8.35. The molecule has 2 N–H and O–H groups in total. The quantitative estimate of drug-likeness (QED) is 0.520. The number of nitrogens with one attached hydrogen (secondary N) is 1. The molecule has 2 atom stereocenters. The summed E-state index contributed by atoms with van der Waals surface area (Å²) in [4.78, 5) is 14.8. The zero-order valence-electron chi connectivity index (χ0n) is 20.1. The Balaban J connectivity index is 2.01. The van der Waals surface area contributed by atoms with Crippen LogP contribution < -0.4 is 10.1 Å². The normalized spacial score (nSPS) is 17.0. The minimum Gasteiger partial charge on any atom is -0.488 e. The largest absolute Gasteiger partial charge is 0.488 e. The summed E-state index contributed by atoms with van der Waals surface area (Å²) in [5, 5.41) is 22.4. The van der Waals surface area contributed by atoms with E-state index >= 15 is 0 Å².